The number of aliphatic imine (C=N–C) groups is 2. The van der Waals surface area contributed by atoms with Crippen LogP contribution in [-0.2, 0) is 0 Å². The zero-order chi connectivity index (χ0) is 8.55. The van der Waals surface area contributed by atoms with Crippen LogP contribution in [0.25, 0.3) is 0 Å². The first-order valence-electron chi connectivity index (χ1n) is 3.39. The molecule has 0 aromatic rings. The van der Waals surface area contributed by atoms with Crippen molar-refractivity contribution in [2.75, 3.05) is 0 Å². The molecule has 58 valence electrons. The van der Waals surface area contributed by atoms with Crippen molar-refractivity contribution in [3.05, 3.63) is 23.4 Å². The molecule has 0 N–H and O–H groups in total. The summed E-state index contributed by atoms with van der Waals surface area (Å²) in [5, 5.41) is 8.26. The van der Waals surface area contributed by atoms with Gasteiger partial charge in [-0.15, -0.1) is 11.6 Å². The summed E-state index contributed by atoms with van der Waals surface area (Å²) in [6.45, 7) is 0. The highest BCUT2D eigenvalue weighted by atomic mass is 35.5. The quantitative estimate of drug-likeness (QED) is 0.517. The van der Waals surface area contributed by atoms with Gasteiger partial charge in [0.25, 0.3) is 0 Å². The normalized spacial score (nSPS) is 25.3. The summed E-state index contributed by atoms with van der Waals surface area (Å²) in [6, 6.07) is 1.99. The highest BCUT2D eigenvalue weighted by molar-refractivity contribution is 6.30. The van der Waals surface area contributed by atoms with Gasteiger partial charge in [0.15, 0.2) is 5.84 Å². The van der Waals surface area contributed by atoms with Crippen molar-refractivity contribution in [3.8, 4) is 6.07 Å². The molecule has 4 heteroatoms. The maximum atomic E-state index is 8.64. The first kappa shape index (κ1) is 7.26. The number of amidine groups is 1. The van der Waals surface area contributed by atoms with Gasteiger partial charge in [-0.1, -0.05) is 0 Å². The van der Waals surface area contributed by atoms with Gasteiger partial charge in [0, 0.05) is 18.0 Å². The van der Waals surface area contributed by atoms with Gasteiger partial charge in [0.2, 0.25) is 0 Å². The third-order valence-electron chi connectivity index (χ3n) is 1.71. The number of hydrogen-bond acceptors (Lipinski definition) is 3. The third kappa shape index (κ3) is 0.892. The molecular weight excluding hydrogens is 174 g/mol. The summed E-state index contributed by atoms with van der Waals surface area (Å²) in [5.41, 5.74) is 1.29. The van der Waals surface area contributed by atoms with Gasteiger partial charge in [0.05, 0.1) is 17.0 Å². The van der Waals surface area contributed by atoms with Crippen molar-refractivity contribution in [1.29, 1.82) is 5.26 Å². The van der Waals surface area contributed by atoms with Crippen molar-refractivity contribution in [2.45, 2.75) is 5.38 Å². The Hall–Kier alpha value is -1.40. The van der Waals surface area contributed by atoms with Gasteiger partial charge in [-0.25, -0.2) is 9.98 Å². The zero-order valence-corrected chi connectivity index (χ0v) is 6.78. The number of rotatable bonds is 0. The molecule has 2 aliphatic heterocycles. The lowest BCUT2D eigenvalue weighted by Crippen LogP contribution is -2.14. The van der Waals surface area contributed by atoms with E-state index in [1.165, 1.54) is 6.20 Å². The molecule has 0 aromatic heterocycles. The Morgan fingerprint density at radius 3 is 3.17 bits per heavy atom. The SMILES string of the molecule is N#CC1=CN=C2N=CC=C2[C@H]1Cl. The number of allylic oxidation sites excluding steroid dienone is 2. The Kier molecular flexibility index (Phi) is 1.56. The van der Waals surface area contributed by atoms with E-state index >= 15 is 0 Å². The van der Waals surface area contributed by atoms with Gasteiger partial charge in [-0.05, 0) is 6.08 Å². The predicted octanol–water partition coefficient (Wildman–Crippen LogP) is 1.42. The Bertz CT molecular complexity index is 382. The molecule has 3 nitrogen and oxygen atoms in total. The van der Waals surface area contributed by atoms with Crippen molar-refractivity contribution in [2.24, 2.45) is 9.98 Å². The summed E-state index contributed by atoms with van der Waals surface area (Å²) < 4.78 is 0. The molecule has 0 unspecified atom stereocenters. The summed E-state index contributed by atoms with van der Waals surface area (Å²) in [6.07, 6.45) is 4.88. The van der Waals surface area contributed by atoms with Crippen LogP contribution >= 0.6 is 11.6 Å². The van der Waals surface area contributed by atoms with Gasteiger partial charge < -0.3 is 0 Å². The molecule has 0 saturated carbocycles. The number of alkyl halides is 1. The second-order valence-corrected chi connectivity index (χ2v) is 2.85. The highest BCUT2D eigenvalue weighted by Crippen LogP contribution is 2.26. The average Bonchev–Trinajstić information content (AvgIpc) is 2.53. The Balaban J connectivity index is 2.47. The van der Waals surface area contributed by atoms with Crippen LogP contribution in [0.15, 0.2) is 33.4 Å². The fraction of sp³-hybridized carbons (Fsp3) is 0.125. The summed E-state index contributed by atoms with van der Waals surface area (Å²) in [7, 11) is 0. The van der Waals surface area contributed by atoms with E-state index in [1.54, 1.807) is 12.3 Å². The molecule has 0 spiro atoms. The molecule has 0 bridgehead atoms. The lowest BCUT2D eigenvalue weighted by atomic mass is 10.0. The number of hydrogen-bond donors (Lipinski definition) is 0. The second kappa shape index (κ2) is 2.58. The van der Waals surface area contributed by atoms with E-state index in [4.69, 9.17) is 16.9 Å². The molecule has 1 atom stereocenters. The lowest BCUT2D eigenvalue weighted by Gasteiger charge is -2.12. The van der Waals surface area contributed by atoms with E-state index in [9.17, 15) is 0 Å². The number of nitriles is 1. The van der Waals surface area contributed by atoms with Gasteiger partial charge in [-0.3, -0.25) is 0 Å². The van der Waals surface area contributed by atoms with Crippen LogP contribution in [0, 0.1) is 11.3 Å². The van der Waals surface area contributed by atoms with Gasteiger partial charge >= 0.3 is 0 Å². The van der Waals surface area contributed by atoms with E-state index in [-0.39, 0.29) is 5.38 Å². The minimum atomic E-state index is -0.384. The summed E-state index contributed by atoms with van der Waals surface area (Å²) in [5.74, 6) is 0.619. The molecule has 12 heavy (non-hydrogen) atoms. The summed E-state index contributed by atoms with van der Waals surface area (Å²) in [4.78, 5) is 7.95. The fourth-order valence-corrected chi connectivity index (χ4v) is 1.37. The molecule has 2 aliphatic rings. The van der Waals surface area contributed by atoms with E-state index in [2.05, 4.69) is 9.98 Å². The van der Waals surface area contributed by atoms with Crippen LogP contribution in [0.5, 0.6) is 0 Å². The standard InChI is InChI=1S/C8H4ClN3/c9-7-5(3-10)4-12-8-6(7)1-2-11-8/h1-2,4,7H/t7-/m0/s1. The smallest absolute Gasteiger partial charge is 0.156 e. The van der Waals surface area contributed by atoms with Gasteiger partial charge in [0.1, 0.15) is 0 Å². The monoisotopic (exact) mass is 177 g/mol. The molecule has 0 aromatic carbocycles. The maximum absolute atomic E-state index is 8.64. The molecule has 0 radical (unpaired) electrons. The maximum Gasteiger partial charge on any atom is 0.156 e. The number of halogens is 1. The van der Waals surface area contributed by atoms with Crippen molar-refractivity contribution in [3.63, 3.8) is 0 Å². The van der Waals surface area contributed by atoms with Crippen LogP contribution < -0.4 is 0 Å². The fourth-order valence-electron chi connectivity index (χ4n) is 1.09. The summed E-state index contributed by atoms with van der Waals surface area (Å²) >= 11 is 5.96. The zero-order valence-electron chi connectivity index (χ0n) is 6.03. The van der Waals surface area contributed by atoms with Crippen LogP contribution in [0.3, 0.4) is 0 Å². The molecule has 0 amide bonds. The van der Waals surface area contributed by atoms with Crippen molar-refractivity contribution in [1.82, 2.24) is 0 Å². The molecule has 0 fully saturated rings. The molecule has 0 saturated heterocycles. The van der Waals surface area contributed by atoms with E-state index < -0.39 is 0 Å². The van der Waals surface area contributed by atoms with Crippen molar-refractivity contribution < 1.29 is 0 Å². The average molecular weight is 178 g/mol. The molecule has 2 rings (SSSR count). The second-order valence-electron chi connectivity index (χ2n) is 2.41. The lowest BCUT2D eigenvalue weighted by molar-refractivity contribution is 1.18. The number of nitrogens with zero attached hydrogens (tertiary/aromatic N) is 3. The van der Waals surface area contributed by atoms with E-state index in [1.807, 2.05) is 6.07 Å². The largest absolute Gasteiger partial charge is 0.237 e. The molecule has 0 aliphatic carbocycles. The molecule has 2 heterocycles. The minimum absolute atomic E-state index is 0.384. The van der Waals surface area contributed by atoms with Gasteiger partial charge in [-0.2, -0.15) is 5.26 Å². The van der Waals surface area contributed by atoms with Crippen molar-refractivity contribution >= 4 is 23.7 Å². The van der Waals surface area contributed by atoms with E-state index in [0.717, 1.165) is 5.57 Å². The topological polar surface area (TPSA) is 48.5 Å². The van der Waals surface area contributed by atoms with E-state index in [0.29, 0.717) is 11.4 Å². The van der Waals surface area contributed by atoms with Crippen LogP contribution in [0.1, 0.15) is 0 Å². The predicted molar refractivity (Wildman–Crippen MR) is 47.3 cm³/mol. The molecular formula is C8H4ClN3. The van der Waals surface area contributed by atoms with Crippen LogP contribution in [0.2, 0.25) is 0 Å². The Morgan fingerprint density at radius 1 is 1.58 bits per heavy atom. The third-order valence-corrected chi connectivity index (χ3v) is 2.18. The first-order chi connectivity index (χ1) is 5.83. The Labute approximate surface area is 74.4 Å². The van der Waals surface area contributed by atoms with Crippen LogP contribution in [0.4, 0.5) is 0 Å². The first-order valence-corrected chi connectivity index (χ1v) is 3.83. The minimum Gasteiger partial charge on any atom is -0.237 e. The van der Waals surface area contributed by atoms with Crippen LogP contribution in [-0.4, -0.2) is 17.4 Å². The number of fused-ring (bicyclic) bond motifs is 1. The Morgan fingerprint density at radius 2 is 2.42 bits per heavy atom. The highest BCUT2D eigenvalue weighted by Gasteiger charge is 2.25.